The number of rotatable bonds is 4. The molecule has 3 heterocycles. The van der Waals surface area contributed by atoms with Crippen LogP contribution >= 0.6 is 22.6 Å². The van der Waals surface area contributed by atoms with Crippen LogP contribution in [0.4, 0.5) is 4.79 Å². The predicted octanol–water partition coefficient (Wildman–Crippen LogP) is 5.52. The summed E-state index contributed by atoms with van der Waals surface area (Å²) in [5, 5.41) is 7.68. The number of pyridine rings is 1. The molecule has 0 aliphatic carbocycles. The van der Waals surface area contributed by atoms with E-state index in [0.29, 0.717) is 19.0 Å². The number of piperidine rings is 1. The smallest absolute Gasteiger partial charge is 0.410 e. The van der Waals surface area contributed by atoms with Crippen molar-refractivity contribution in [2.75, 3.05) is 13.1 Å². The number of H-pyrrole nitrogens is 1. The lowest BCUT2D eigenvalue weighted by Crippen LogP contribution is -2.44. The number of aromatic nitrogens is 3. The Hall–Kier alpha value is -2.62. The van der Waals surface area contributed by atoms with E-state index in [4.69, 9.17) is 9.47 Å². The molecule has 0 unspecified atom stereocenters. The van der Waals surface area contributed by atoms with Gasteiger partial charge in [0.25, 0.3) is 0 Å². The molecule has 7 nitrogen and oxygen atoms in total. The van der Waals surface area contributed by atoms with Gasteiger partial charge in [0.15, 0.2) is 0 Å². The van der Waals surface area contributed by atoms with Gasteiger partial charge in [-0.1, -0.05) is 12.1 Å². The zero-order valence-corrected chi connectivity index (χ0v) is 20.6. The Kier molecular flexibility index (Phi) is 6.68. The molecule has 32 heavy (non-hydrogen) atoms. The lowest BCUT2D eigenvalue weighted by atomic mass is 10.0. The Balaban J connectivity index is 1.52. The van der Waals surface area contributed by atoms with Gasteiger partial charge in [0.05, 0.1) is 11.3 Å². The van der Waals surface area contributed by atoms with Crippen molar-refractivity contribution in [1.29, 1.82) is 0 Å². The summed E-state index contributed by atoms with van der Waals surface area (Å²) in [5.41, 5.74) is 3.37. The van der Waals surface area contributed by atoms with Gasteiger partial charge < -0.3 is 14.4 Å². The zero-order valence-electron chi connectivity index (χ0n) is 18.5. The molecule has 0 spiro atoms. The van der Waals surface area contributed by atoms with E-state index in [2.05, 4.69) is 62.0 Å². The topological polar surface area (TPSA) is 80.3 Å². The quantitative estimate of drug-likeness (QED) is 0.436. The summed E-state index contributed by atoms with van der Waals surface area (Å²) >= 11 is 2.30. The van der Waals surface area contributed by atoms with Gasteiger partial charge in [-0.15, -0.1) is 5.10 Å². The monoisotopic (exact) mass is 546 g/mol. The van der Waals surface area contributed by atoms with E-state index in [1.54, 1.807) is 17.3 Å². The predicted molar refractivity (Wildman–Crippen MR) is 131 cm³/mol. The van der Waals surface area contributed by atoms with Crippen LogP contribution in [0.2, 0.25) is 0 Å². The van der Waals surface area contributed by atoms with Gasteiger partial charge >= 0.3 is 6.09 Å². The molecule has 1 N–H and O–H groups in total. The number of nitrogens with zero attached hydrogens (tertiary/aromatic N) is 3. The Morgan fingerprint density at radius 3 is 2.34 bits per heavy atom. The normalized spacial score (nSPS) is 14.9. The highest BCUT2D eigenvalue weighted by Gasteiger charge is 2.29. The summed E-state index contributed by atoms with van der Waals surface area (Å²) in [7, 11) is 0. The summed E-state index contributed by atoms with van der Waals surface area (Å²) in [6, 6.07) is 12.2. The first-order chi connectivity index (χ1) is 15.3. The number of amides is 1. The van der Waals surface area contributed by atoms with Crippen LogP contribution in [0.5, 0.6) is 5.88 Å². The average molecular weight is 546 g/mol. The van der Waals surface area contributed by atoms with Crippen LogP contribution in [0, 0.1) is 3.57 Å². The first kappa shape index (κ1) is 22.6. The highest BCUT2D eigenvalue weighted by molar-refractivity contribution is 14.1. The number of ether oxygens (including phenoxy) is 2. The Morgan fingerprint density at radius 1 is 1.06 bits per heavy atom. The number of likely N-dealkylation sites (tertiary alicyclic amines) is 1. The van der Waals surface area contributed by atoms with Crippen LogP contribution in [0.15, 0.2) is 48.8 Å². The maximum atomic E-state index is 12.3. The molecule has 2 aromatic heterocycles. The van der Waals surface area contributed by atoms with E-state index in [-0.39, 0.29) is 12.2 Å². The molecule has 168 valence electrons. The summed E-state index contributed by atoms with van der Waals surface area (Å²) < 4.78 is 13.0. The van der Waals surface area contributed by atoms with Gasteiger partial charge in [-0.25, -0.2) is 4.79 Å². The standard InChI is InChI=1S/C24H27IN4O3/c1-24(2,3)32-23(30)29-14-10-19(11-15-29)31-22-20(16-8-12-26-13-9-16)21(27-28-22)17-4-6-18(25)7-5-17/h4-9,12-13,19H,10-11,14-15H2,1-3H3,(H,27,28). The SMILES string of the molecule is CC(C)(C)OC(=O)N1CCC(Oc2n[nH]c(-c3ccc(I)cc3)c2-c2ccncc2)CC1. The number of hydrogen-bond donors (Lipinski definition) is 1. The highest BCUT2D eigenvalue weighted by Crippen LogP contribution is 2.38. The van der Waals surface area contributed by atoms with E-state index in [1.165, 1.54) is 3.57 Å². The molecule has 1 saturated heterocycles. The van der Waals surface area contributed by atoms with Crippen LogP contribution < -0.4 is 4.74 Å². The summed E-state index contributed by atoms with van der Waals surface area (Å²) in [5.74, 6) is 0.570. The van der Waals surface area contributed by atoms with Crippen LogP contribution in [0.3, 0.4) is 0 Å². The van der Waals surface area contributed by atoms with Gasteiger partial charge in [0, 0.05) is 47.5 Å². The lowest BCUT2D eigenvalue weighted by Gasteiger charge is -2.33. The minimum absolute atomic E-state index is 0.0258. The van der Waals surface area contributed by atoms with Gasteiger partial charge in [0.1, 0.15) is 11.7 Å². The second-order valence-corrected chi connectivity index (χ2v) is 10.1. The second kappa shape index (κ2) is 9.48. The van der Waals surface area contributed by atoms with Crippen LogP contribution in [0.1, 0.15) is 33.6 Å². The molecular formula is C24H27IN4O3. The minimum Gasteiger partial charge on any atom is -0.473 e. The molecule has 0 saturated carbocycles. The fraction of sp³-hybridized carbons (Fsp3) is 0.375. The average Bonchev–Trinajstić information content (AvgIpc) is 3.17. The number of hydrogen-bond acceptors (Lipinski definition) is 5. The van der Waals surface area contributed by atoms with E-state index in [9.17, 15) is 4.79 Å². The largest absolute Gasteiger partial charge is 0.473 e. The van der Waals surface area contributed by atoms with Crippen molar-refractivity contribution < 1.29 is 14.3 Å². The van der Waals surface area contributed by atoms with E-state index in [1.807, 2.05) is 32.9 Å². The first-order valence-corrected chi connectivity index (χ1v) is 11.8. The molecule has 0 bridgehead atoms. The molecule has 3 aromatic rings. The molecule has 0 radical (unpaired) electrons. The highest BCUT2D eigenvalue weighted by atomic mass is 127. The Labute approximate surface area is 201 Å². The summed E-state index contributed by atoms with van der Waals surface area (Å²) in [6.07, 6.45) is 4.68. The maximum absolute atomic E-state index is 12.3. The third kappa shape index (κ3) is 5.40. The van der Waals surface area contributed by atoms with Crippen molar-refractivity contribution in [3.63, 3.8) is 0 Å². The Bertz CT molecular complexity index is 1050. The van der Waals surface area contributed by atoms with Gasteiger partial charge in [-0.2, -0.15) is 0 Å². The summed E-state index contributed by atoms with van der Waals surface area (Å²) in [4.78, 5) is 18.2. The van der Waals surface area contributed by atoms with Gasteiger partial charge in [-0.05, 0) is 73.2 Å². The molecule has 1 fully saturated rings. The number of halogens is 1. The molecule has 1 aliphatic heterocycles. The number of carbonyl (C=O) groups excluding carboxylic acids is 1. The molecule has 1 aromatic carbocycles. The molecule has 0 atom stereocenters. The number of nitrogens with one attached hydrogen (secondary N) is 1. The van der Waals surface area contributed by atoms with Crippen LogP contribution in [0.25, 0.3) is 22.4 Å². The molecule has 4 rings (SSSR count). The summed E-state index contributed by atoms with van der Waals surface area (Å²) in [6.45, 7) is 6.83. The number of aromatic amines is 1. The van der Waals surface area contributed by atoms with Crippen molar-refractivity contribution in [2.45, 2.75) is 45.3 Å². The lowest BCUT2D eigenvalue weighted by molar-refractivity contribution is 0.0123. The number of carbonyl (C=O) groups is 1. The van der Waals surface area contributed by atoms with E-state index >= 15 is 0 Å². The van der Waals surface area contributed by atoms with Crippen molar-refractivity contribution in [1.82, 2.24) is 20.1 Å². The first-order valence-electron chi connectivity index (χ1n) is 10.7. The van der Waals surface area contributed by atoms with E-state index < -0.39 is 5.60 Å². The molecular weight excluding hydrogens is 519 g/mol. The Morgan fingerprint density at radius 2 is 1.72 bits per heavy atom. The maximum Gasteiger partial charge on any atom is 0.410 e. The van der Waals surface area contributed by atoms with Crippen LogP contribution in [-0.2, 0) is 4.74 Å². The van der Waals surface area contributed by atoms with Crippen molar-refractivity contribution in [3.8, 4) is 28.3 Å². The molecule has 1 amide bonds. The van der Waals surface area contributed by atoms with Crippen molar-refractivity contribution >= 4 is 28.7 Å². The van der Waals surface area contributed by atoms with Gasteiger partial charge in [-0.3, -0.25) is 10.1 Å². The van der Waals surface area contributed by atoms with E-state index in [0.717, 1.165) is 35.2 Å². The second-order valence-electron chi connectivity index (χ2n) is 8.81. The molecule has 8 heteroatoms. The van der Waals surface area contributed by atoms with Crippen LogP contribution in [-0.4, -0.2) is 51.0 Å². The number of benzene rings is 1. The molecule has 1 aliphatic rings. The fourth-order valence-corrected chi connectivity index (χ4v) is 4.02. The van der Waals surface area contributed by atoms with Gasteiger partial charge in [0.2, 0.25) is 5.88 Å². The third-order valence-electron chi connectivity index (χ3n) is 5.21. The minimum atomic E-state index is -0.495. The van der Waals surface area contributed by atoms with Crippen molar-refractivity contribution in [3.05, 3.63) is 52.4 Å². The third-order valence-corrected chi connectivity index (χ3v) is 5.93. The zero-order chi connectivity index (χ0) is 22.7. The van der Waals surface area contributed by atoms with Crippen molar-refractivity contribution in [2.24, 2.45) is 0 Å². The fourth-order valence-electron chi connectivity index (χ4n) is 3.66.